The summed E-state index contributed by atoms with van der Waals surface area (Å²) in [4.78, 5) is 20.9. The van der Waals surface area contributed by atoms with Crippen molar-refractivity contribution in [1.82, 2.24) is 9.97 Å². The molecule has 1 N–H and O–H groups in total. The first-order chi connectivity index (χ1) is 15.7. The van der Waals surface area contributed by atoms with Crippen LogP contribution in [-0.2, 0) is 0 Å². The van der Waals surface area contributed by atoms with Gasteiger partial charge in [-0.3, -0.25) is 10.1 Å². The summed E-state index contributed by atoms with van der Waals surface area (Å²) in [5.41, 5.74) is 3.20. The Labute approximate surface area is 188 Å². The smallest absolute Gasteiger partial charge is 0.277 e. The number of fused-ring (bicyclic) bond motifs is 3. The molecule has 32 heavy (non-hydrogen) atoms. The minimum Gasteiger partial charge on any atom is -0.365 e. The quantitative estimate of drug-likeness (QED) is 0.182. The van der Waals surface area contributed by atoms with E-state index in [-0.39, 0.29) is 10.6 Å². The molecule has 0 radical (unpaired) electrons. The SMILES string of the molecule is C=CCNc1nc(-c2ccccc2)nc2c1sc1ccc(-c3ccccc3[N+](=O)[O-])cc12. The summed E-state index contributed by atoms with van der Waals surface area (Å²) < 4.78 is 1.99. The van der Waals surface area contributed by atoms with Gasteiger partial charge in [0.15, 0.2) is 5.82 Å². The van der Waals surface area contributed by atoms with E-state index in [4.69, 9.17) is 9.97 Å². The Bertz CT molecular complexity index is 1480. The molecule has 0 amide bonds. The van der Waals surface area contributed by atoms with Crippen LogP contribution >= 0.6 is 11.3 Å². The topological polar surface area (TPSA) is 81.0 Å². The molecule has 156 valence electrons. The summed E-state index contributed by atoms with van der Waals surface area (Å²) in [6, 6.07) is 22.5. The van der Waals surface area contributed by atoms with Crippen LogP contribution in [0.4, 0.5) is 11.5 Å². The number of nitro groups is 1. The molecule has 0 bridgehead atoms. The molecule has 6 nitrogen and oxygen atoms in total. The van der Waals surface area contributed by atoms with E-state index in [0.29, 0.717) is 17.9 Å². The van der Waals surface area contributed by atoms with E-state index in [1.807, 2.05) is 54.6 Å². The lowest BCUT2D eigenvalue weighted by molar-refractivity contribution is -0.384. The van der Waals surface area contributed by atoms with Crippen molar-refractivity contribution in [2.24, 2.45) is 0 Å². The van der Waals surface area contributed by atoms with Crippen molar-refractivity contribution in [3.8, 4) is 22.5 Å². The van der Waals surface area contributed by atoms with Crippen molar-refractivity contribution in [2.75, 3.05) is 11.9 Å². The van der Waals surface area contributed by atoms with E-state index < -0.39 is 0 Å². The van der Waals surface area contributed by atoms with E-state index in [9.17, 15) is 10.1 Å². The highest BCUT2D eigenvalue weighted by Crippen LogP contribution is 2.40. The van der Waals surface area contributed by atoms with Gasteiger partial charge in [0.1, 0.15) is 5.82 Å². The molecule has 0 unspecified atom stereocenters. The largest absolute Gasteiger partial charge is 0.365 e. The average molecular weight is 439 g/mol. The van der Waals surface area contributed by atoms with Gasteiger partial charge in [0.2, 0.25) is 0 Å². The maximum Gasteiger partial charge on any atom is 0.277 e. The summed E-state index contributed by atoms with van der Waals surface area (Å²) in [6.07, 6.45) is 1.79. The van der Waals surface area contributed by atoms with Crippen LogP contribution in [0.2, 0.25) is 0 Å². The number of para-hydroxylation sites is 1. The predicted octanol–water partition coefficient (Wildman–Crippen LogP) is 6.68. The number of benzene rings is 3. The van der Waals surface area contributed by atoms with Crippen LogP contribution in [0.1, 0.15) is 0 Å². The zero-order chi connectivity index (χ0) is 22.1. The van der Waals surface area contributed by atoms with Gasteiger partial charge in [-0.05, 0) is 23.8 Å². The molecular formula is C25H18N4O2S. The molecule has 7 heteroatoms. The van der Waals surface area contributed by atoms with Gasteiger partial charge in [0, 0.05) is 28.3 Å². The van der Waals surface area contributed by atoms with E-state index >= 15 is 0 Å². The average Bonchev–Trinajstić information content (AvgIpc) is 3.21. The molecule has 0 aliphatic rings. The molecule has 5 rings (SSSR count). The second-order valence-electron chi connectivity index (χ2n) is 7.20. The molecule has 3 aromatic carbocycles. The van der Waals surface area contributed by atoms with Gasteiger partial charge in [-0.2, -0.15) is 0 Å². The number of hydrogen-bond donors (Lipinski definition) is 1. The molecule has 2 aromatic heterocycles. The number of thiophene rings is 1. The number of rotatable bonds is 6. The summed E-state index contributed by atoms with van der Waals surface area (Å²) in [6.45, 7) is 4.37. The Kier molecular flexibility index (Phi) is 5.09. The summed E-state index contributed by atoms with van der Waals surface area (Å²) in [7, 11) is 0. The zero-order valence-electron chi connectivity index (χ0n) is 17.0. The molecule has 2 heterocycles. The second kappa shape index (κ2) is 8.20. The van der Waals surface area contributed by atoms with Crippen LogP contribution in [0.3, 0.4) is 0 Å². The molecule has 0 aliphatic carbocycles. The minimum absolute atomic E-state index is 0.0827. The van der Waals surface area contributed by atoms with Crippen molar-refractivity contribution in [3.05, 3.63) is 95.6 Å². The summed E-state index contributed by atoms with van der Waals surface area (Å²) in [5.74, 6) is 1.38. The fourth-order valence-electron chi connectivity index (χ4n) is 3.69. The third kappa shape index (κ3) is 3.48. The van der Waals surface area contributed by atoms with Crippen LogP contribution in [0.15, 0.2) is 85.5 Å². The van der Waals surface area contributed by atoms with Crippen molar-refractivity contribution < 1.29 is 4.92 Å². The van der Waals surface area contributed by atoms with Crippen molar-refractivity contribution >= 4 is 43.1 Å². The Morgan fingerprint density at radius 3 is 2.56 bits per heavy atom. The highest BCUT2D eigenvalue weighted by Gasteiger charge is 2.18. The van der Waals surface area contributed by atoms with Crippen molar-refractivity contribution in [3.63, 3.8) is 0 Å². The predicted molar refractivity (Wildman–Crippen MR) is 131 cm³/mol. The molecular weight excluding hydrogens is 420 g/mol. The molecule has 0 saturated carbocycles. The maximum absolute atomic E-state index is 11.5. The Hall–Kier alpha value is -4.10. The molecule has 5 aromatic rings. The number of nitro benzene ring substituents is 1. The maximum atomic E-state index is 11.5. The van der Waals surface area contributed by atoms with Gasteiger partial charge in [-0.15, -0.1) is 17.9 Å². The number of anilines is 1. The van der Waals surface area contributed by atoms with E-state index in [2.05, 4.69) is 11.9 Å². The highest BCUT2D eigenvalue weighted by molar-refractivity contribution is 7.26. The third-order valence-corrected chi connectivity index (χ3v) is 6.34. The minimum atomic E-state index is -0.349. The lowest BCUT2D eigenvalue weighted by atomic mass is 10.0. The van der Waals surface area contributed by atoms with Crippen LogP contribution < -0.4 is 5.32 Å². The summed E-state index contributed by atoms with van der Waals surface area (Å²) >= 11 is 1.60. The number of hydrogen-bond acceptors (Lipinski definition) is 6. The van der Waals surface area contributed by atoms with Gasteiger partial charge in [0.25, 0.3) is 5.69 Å². The molecule has 0 atom stereocenters. The van der Waals surface area contributed by atoms with Crippen LogP contribution in [0.5, 0.6) is 0 Å². The monoisotopic (exact) mass is 438 g/mol. The molecule has 0 fully saturated rings. The van der Waals surface area contributed by atoms with E-state index in [1.54, 1.807) is 29.5 Å². The first kappa shape index (κ1) is 19.8. The highest BCUT2D eigenvalue weighted by atomic mass is 32.1. The van der Waals surface area contributed by atoms with Crippen molar-refractivity contribution in [2.45, 2.75) is 0 Å². The summed E-state index contributed by atoms with van der Waals surface area (Å²) in [5, 5.41) is 15.8. The Morgan fingerprint density at radius 1 is 1.00 bits per heavy atom. The molecule has 0 aliphatic heterocycles. The number of nitrogens with one attached hydrogen (secondary N) is 1. The fourth-order valence-corrected chi connectivity index (χ4v) is 4.78. The van der Waals surface area contributed by atoms with E-state index in [0.717, 1.165) is 37.2 Å². The normalized spacial score (nSPS) is 11.0. The first-order valence-corrected chi connectivity index (χ1v) is 10.9. The van der Waals surface area contributed by atoms with Crippen LogP contribution in [0, 0.1) is 10.1 Å². The lowest BCUT2D eigenvalue weighted by Gasteiger charge is -2.07. The molecule has 0 spiro atoms. The van der Waals surface area contributed by atoms with Crippen LogP contribution in [0.25, 0.3) is 42.8 Å². The van der Waals surface area contributed by atoms with Crippen molar-refractivity contribution in [1.29, 1.82) is 0 Å². The zero-order valence-corrected chi connectivity index (χ0v) is 17.8. The lowest BCUT2D eigenvalue weighted by Crippen LogP contribution is -2.02. The van der Waals surface area contributed by atoms with Gasteiger partial charge in [-0.25, -0.2) is 9.97 Å². The first-order valence-electron chi connectivity index (χ1n) is 10.0. The molecule has 0 saturated heterocycles. The number of aromatic nitrogens is 2. The third-order valence-electron chi connectivity index (χ3n) is 5.17. The Morgan fingerprint density at radius 2 is 1.78 bits per heavy atom. The van der Waals surface area contributed by atoms with Gasteiger partial charge < -0.3 is 5.32 Å². The standard InChI is InChI=1S/C25H18N4O2S/c1-2-14-26-25-23-22(27-24(28-25)16-8-4-3-5-9-16)19-15-17(12-13-21(19)32-23)18-10-6-7-11-20(18)29(30)31/h2-13,15H,1,14H2,(H,26,27,28). The van der Waals surface area contributed by atoms with Gasteiger partial charge in [-0.1, -0.05) is 54.6 Å². The van der Waals surface area contributed by atoms with Gasteiger partial charge in [0.05, 0.1) is 20.7 Å². The van der Waals surface area contributed by atoms with Gasteiger partial charge >= 0.3 is 0 Å². The van der Waals surface area contributed by atoms with E-state index in [1.165, 1.54) is 6.07 Å². The fraction of sp³-hybridized carbons (Fsp3) is 0.0400. The second-order valence-corrected chi connectivity index (χ2v) is 8.25. The number of nitrogens with zero attached hydrogens (tertiary/aromatic N) is 3. The Balaban J connectivity index is 1.76. The van der Waals surface area contributed by atoms with Crippen LogP contribution in [-0.4, -0.2) is 21.4 Å².